The number of carbonyl (C=O) groups is 1. The third-order valence-corrected chi connectivity index (χ3v) is 7.75. The number of hydrogen-bond donors (Lipinski definition) is 1. The number of hydrogen-bond acceptors (Lipinski definition) is 4. The van der Waals surface area contributed by atoms with Crippen LogP contribution in [0.1, 0.15) is 55.4 Å². The molecule has 1 saturated heterocycles. The molecule has 1 aromatic heterocycles. The number of aryl methyl sites for hydroxylation is 1. The highest BCUT2D eigenvalue weighted by molar-refractivity contribution is 7.89. The zero-order valence-corrected chi connectivity index (χ0v) is 18.2. The molecule has 1 saturated carbocycles. The number of sulfonamides is 1. The molecule has 2 aromatic rings. The first-order valence-corrected chi connectivity index (χ1v) is 12.1. The van der Waals surface area contributed by atoms with Gasteiger partial charge >= 0.3 is 0 Å². The smallest absolute Gasteiger partial charge is 0.272 e. The molecule has 4 rings (SSSR count). The number of aromatic nitrogens is 1. The summed E-state index contributed by atoms with van der Waals surface area (Å²) in [6, 6.07) is 8.76. The van der Waals surface area contributed by atoms with Crippen molar-refractivity contribution < 1.29 is 17.9 Å². The highest BCUT2D eigenvalue weighted by atomic mass is 32.2. The molecule has 0 unspecified atom stereocenters. The maximum absolute atomic E-state index is 12.9. The van der Waals surface area contributed by atoms with Gasteiger partial charge in [0.1, 0.15) is 16.3 Å². The van der Waals surface area contributed by atoms with Crippen LogP contribution in [0.15, 0.2) is 41.4 Å². The molecule has 7 nitrogen and oxygen atoms in total. The highest BCUT2D eigenvalue weighted by Gasteiger charge is 2.28. The van der Waals surface area contributed by atoms with Gasteiger partial charge in [-0.1, -0.05) is 6.42 Å². The minimum Gasteiger partial charge on any atom is -0.490 e. The summed E-state index contributed by atoms with van der Waals surface area (Å²) in [4.78, 5) is 12.9. The predicted molar refractivity (Wildman–Crippen MR) is 115 cm³/mol. The van der Waals surface area contributed by atoms with Gasteiger partial charge < -0.3 is 14.6 Å². The van der Waals surface area contributed by atoms with Crippen LogP contribution in [-0.4, -0.2) is 42.4 Å². The first-order valence-electron chi connectivity index (χ1n) is 10.7. The Kier molecular flexibility index (Phi) is 6.15. The first kappa shape index (κ1) is 20.9. The average molecular weight is 432 g/mol. The summed E-state index contributed by atoms with van der Waals surface area (Å²) in [5.41, 5.74) is 0.942. The van der Waals surface area contributed by atoms with Crippen molar-refractivity contribution in [3.8, 4) is 5.75 Å². The molecule has 1 amide bonds. The van der Waals surface area contributed by atoms with Gasteiger partial charge in [0.25, 0.3) is 5.91 Å². The highest BCUT2D eigenvalue weighted by Crippen LogP contribution is 2.26. The summed E-state index contributed by atoms with van der Waals surface area (Å²) in [5, 5.41) is 2.84. The van der Waals surface area contributed by atoms with E-state index in [4.69, 9.17) is 4.74 Å². The normalized spacial score (nSPS) is 18.4. The van der Waals surface area contributed by atoms with E-state index in [1.807, 2.05) is 12.1 Å². The Morgan fingerprint density at radius 2 is 1.70 bits per heavy atom. The van der Waals surface area contributed by atoms with Crippen LogP contribution in [-0.2, 0) is 17.1 Å². The Hall–Kier alpha value is -2.32. The van der Waals surface area contributed by atoms with E-state index in [0.717, 1.165) is 37.9 Å². The summed E-state index contributed by atoms with van der Waals surface area (Å²) in [7, 11) is -1.89. The quantitative estimate of drug-likeness (QED) is 0.755. The Labute approximate surface area is 178 Å². The van der Waals surface area contributed by atoms with Crippen molar-refractivity contribution in [3.05, 3.63) is 42.2 Å². The molecule has 0 bridgehead atoms. The van der Waals surface area contributed by atoms with Gasteiger partial charge in [-0.2, -0.15) is 4.31 Å². The molecule has 2 aliphatic rings. The maximum atomic E-state index is 12.9. The van der Waals surface area contributed by atoms with Gasteiger partial charge in [-0.05, 0) is 68.9 Å². The van der Waals surface area contributed by atoms with Gasteiger partial charge in [-0.25, -0.2) is 8.42 Å². The van der Waals surface area contributed by atoms with Crippen molar-refractivity contribution in [1.82, 2.24) is 8.87 Å². The minimum atomic E-state index is -3.57. The predicted octanol–water partition coefficient (Wildman–Crippen LogP) is 3.77. The van der Waals surface area contributed by atoms with Crippen LogP contribution in [0.2, 0.25) is 0 Å². The molecule has 1 aliphatic heterocycles. The summed E-state index contributed by atoms with van der Waals surface area (Å²) in [6.45, 7) is 1.07. The fourth-order valence-corrected chi connectivity index (χ4v) is 5.75. The van der Waals surface area contributed by atoms with E-state index in [2.05, 4.69) is 5.32 Å². The van der Waals surface area contributed by atoms with Crippen molar-refractivity contribution in [2.45, 2.75) is 55.9 Å². The second-order valence-corrected chi connectivity index (χ2v) is 10.1. The number of benzene rings is 1. The number of amides is 1. The standard InChI is InChI=1S/C22H29N3O4S/c1-24-16-20(30(27,28)25-13-5-2-6-14-25)15-21(24)22(26)23-17-9-11-19(12-10-17)29-18-7-3-4-8-18/h9-12,15-16,18H,2-8,13-14H2,1H3,(H,23,26). The van der Waals surface area contributed by atoms with E-state index >= 15 is 0 Å². The molecule has 2 heterocycles. The lowest BCUT2D eigenvalue weighted by Gasteiger charge is -2.25. The van der Waals surface area contributed by atoms with E-state index < -0.39 is 10.0 Å². The van der Waals surface area contributed by atoms with Crippen molar-refractivity contribution in [2.24, 2.45) is 7.05 Å². The SMILES string of the molecule is Cn1cc(S(=O)(=O)N2CCCCC2)cc1C(=O)Nc1ccc(OC2CCCC2)cc1. The summed E-state index contributed by atoms with van der Waals surface area (Å²) in [5.74, 6) is 0.454. The zero-order valence-electron chi connectivity index (χ0n) is 17.3. The Bertz CT molecular complexity index is 986. The van der Waals surface area contributed by atoms with Crippen LogP contribution in [0.5, 0.6) is 5.75 Å². The van der Waals surface area contributed by atoms with Gasteiger partial charge in [0.2, 0.25) is 10.0 Å². The van der Waals surface area contributed by atoms with Crippen molar-refractivity contribution in [3.63, 3.8) is 0 Å². The van der Waals surface area contributed by atoms with Gasteiger partial charge in [0.15, 0.2) is 0 Å². The van der Waals surface area contributed by atoms with Gasteiger partial charge in [0.05, 0.1) is 6.10 Å². The van der Waals surface area contributed by atoms with E-state index in [9.17, 15) is 13.2 Å². The van der Waals surface area contributed by atoms with E-state index in [0.29, 0.717) is 24.5 Å². The van der Waals surface area contributed by atoms with Crippen molar-refractivity contribution in [2.75, 3.05) is 18.4 Å². The number of anilines is 1. The second-order valence-electron chi connectivity index (χ2n) is 8.14. The fourth-order valence-electron chi connectivity index (χ4n) is 4.17. The average Bonchev–Trinajstić information content (AvgIpc) is 3.40. The Morgan fingerprint density at radius 3 is 2.37 bits per heavy atom. The maximum Gasteiger partial charge on any atom is 0.272 e. The van der Waals surface area contributed by atoms with Crippen LogP contribution in [0.25, 0.3) is 0 Å². The number of carbonyl (C=O) groups excluding carboxylic acids is 1. The number of nitrogens with zero attached hydrogens (tertiary/aromatic N) is 2. The molecule has 8 heteroatoms. The van der Waals surface area contributed by atoms with Crippen LogP contribution < -0.4 is 10.1 Å². The van der Waals surface area contributed by atoms with E-state index in [1.54, 1.807) is 23.7 Å². The molecule has 0 radical (unpaired) electrons. The second kappa shape index (κ2) is 8.81. The molecule has 1 aromatic carbocycles. The molecule has 0 spiro atoms. The number of ether oxygens (including phenoxy) is 1. The number of rotatable bonds is 6. The molecule has 2 fully saturated rings. The van der Waals surface area contributed by atoms with Crippen molar-refractivity contribution >= 4 is 21.6 Å². The fraction of sp³-hybridized carbons (Fsp3) is 0.500. The third-order valence-electron chi connectivity index (χ3n) is 5.88. The number of piperidine rings is 1. The lowest BCUT2D eigenvalue weighted by molar-refractivity contribution is 0.101. The van der Waals surface area contributed by atoms with E-state index in [-0.39, 0.29) is 16.9 Å². The van der Waals surface area contributed by atoms with Crippen LogP contribution in [0.3, 0.4) is 0 Å². The molecule has 162 valence electrons. The van der Waals surface area contributed by atoms with E-state index in [1.165, 1.54) is 29.4 Å². The minimum absolute atomic E-state index is 0.164. The third kappa shape index (κ3) is 4.54. The molecule has 1 N–H and O–H groups in total. The molecular formula is C22H29N3O4S. The lowest BCUT2D eigenvalue weighted by atomic mass is 10.2. The first-order chi connectivity index (χ1) is 14.4. The van der Waals surface area contributed by atoms with Gasteiger partial charge in [-0.3, -0.25) is 4.79 Å². The van der Waals surface area contributed by atoms with Crippen molar-refractivity contribution in [1.29, 1.82) is 0 Å². The summed E-state index contributed by atoms with van der Waals surface area (Å²) < 4.78 is 34.8. The summed E-state index contributed by atoms with van der Waals surface area (Å²) >= 11 is 0. The van der Waals surface area contributed by atoms with Gasteiger partial charge in [0, 0.05) is 32.0 Å². The Balaban J connectivity index is 1.43. The molecule has 0 atom stereocenters. The topological polar surface area (TPSA) is 80.6 Å². The lowest BCUT2D eigenvalue weighted by Crippen LogP contribution is -2.35. The largest absolute Gasteiger partial charge is 0.490 e. The van der Waals surface area contributed by atoms with Crippen LogP contribution >= 0.6 is 0 Å². The molecular weight excluding hydrogens is 402 g/mol. The van der Waals surface area contributed by atoms with Gasteiger partial charge in [-0.15, -0.1) is 0 Å². The monoisotopic (exact) mass is 431 g/mol. The molecule has 1 aliphatic carbocycles. The number of nitrogens with one attached hydrogen (secondary N) is 1. The molecule has 30 heavy (non-hydrogen) atoms. The Morgan fingerprint density at radius 1 is 1.03 bits per heavy atom. The zero-order chi connectivity index (χ0) is 21.1. The summed E-state index contributed by atoms with van der Waals surface area (Å²) in [6.07, 6.45) is 9.21. The van der Waals surface area contributed by atoms with Crippen LogP contribution in [0, 0.1) is 0 Å². The van der Waals surface area contributed by atoms with Crippen LogP contribution in [0.4, 0.5) is 5.69 Å².